The zero-order valence-electron chi connectivity index (χ0n) is 15.8. The van der Waals surface area contributed by atoms with Crippen molar-refractivity contribution in [3.05, 3.63) is 29.8 Å². The second-order valence-electron chi connectivity index (χ2n) is 7.06. The number of carbonyl (C=O) groups is 1. The zero-order chi connectivity index (χ0) is 18.8. The number of ketones is 1. The summed E-state index contributed by atoms with van der Waals surface area (Å²) in [6, 6.07) is 8.23. The Kier molecular flexibility index (Phi) is 8.91. The fraction of sp³-hybridized carbons (Fsp3) is 0.650. The standard InChI is InChI=1S/C20H31NO4S/c1-16(2)19(22)15-24-13-3-11-23-12-4-14-25-18-7-5-17(6-8-18)20(21-26)9-10-20/h5-8,16,21,26H,3-4,9-15H2,1-2H3. The summed E-state index contributed by atoms with van der Waals surface area (Å²) in [6.07, 6.45) is 3.91. The van der Waals surface area contributed by atoms with Crippen LogP contribution in [-0.2, 0) is 19.8 Å². The maximum absolute atomic E-state index is 11.4. The molecule has 0 aromatic heterocycles. The summed E-state index contributed by atoms with van der Waals surface area (Å²) in [6.45, 7) is 6.47. The third-order valence-corrected chi connectivity index (χ3v) is 4.97. The molecule has 2 rings (SSSR count). The van der Waals surface area contributed by atoms with Crippen molar-refractivity contribution in [1.29, 1.82) is 0 Å². The number of Topliss-reactive ketones (excluding diaryl/α,β-unsaturated/α-hetero) is 1. The van der Waals surface area contributed by atoms with Crippen LogP contribution in [0.15, 0.2) is 24.3 Å². The fourth-order valence-corrected chi connectivity index (χ4v) is 2.87. The molecule has 1 aliphatic carbocycles. The van der Waals surface area contributed by atoms with Crippen LogP contribution in [-0.4, -0.2) is 38.8 Å². The summed E-state index contributed by atoms with van der Waals surface area (Å²) in [5.74, 6) is 1.06. The maximum atomic E-state index is 11.4. The lowest BCUT2D eigenvalue weighted by atomic mass is 10.1. The lowest BCUT2D eigenvalue weighted by Gasteiger charge is -2.14. The first kappa shape index (κ1) is 21.2. The molecule has 1 saturated carbocycles. The summed E-state index contributed by atoms with van der Waals surface area (Å²) in [4.78, 5) is 11.4. The van der Waals surface area contributed by atoms with Crippen LogP contribution in [0.25, 0.3) is 0 Å². The van der Waals surface area contributed by atoms with E-state index in [0.29, 0.717) is 26.4 Å². The molecule has 26 heavy (non-hydrogen) atoms. The molecule has 0 atom stereocenters. The summed E-state index contributed by atoms with van der Waals surface area (Å²) in [7, 11) is 0. The molecule has 1 N–H and O–H groups in total. The van der Waals surface area contributed by atoms with Gasteiger partial charge in [-0.2, -0.15) is 0 Å². The first-order valence-electron chi connectivity index (χ1n) is 9.40. The average Bonchev–Trinajstić information content (AvgIpc) is 3.44. The number of carbonyl (C=O) groups excluding carboxylic acids is 1. The molecule has 5 nitrogen and oxygen atoms in total. The molecule has 0 aliphatic heterocycles. The minimum absolute atomic E-state index is 0.0388. The van der Waals surface area contributed by atoms with E-state index in [2.05, 4.69) is 29.7 Å². The topological polar surface area (TPSA) is 56.8 Å². The Hall–Kier alpha value is -1.08. The van der Waals surface area contributed by atoms with Gasteiger partial charge in [0.25, 0.3) is 0 Å². The van der Waals surface area contributed by atoms with Gasteiger partial charge in [0.2, 0.25) is 0 Å². The number of benzene rings is 1. The molecule has 0 unspecified atom stereocenters. The third kappa shape index (κ3) is 6.91. The summed E-state index contributed by atoms with van der Waals surface area (Å²) in [5, 5.41) is 0. The van der Waals surface area contributed by atoms with E-state index in [0.717, 1.165) is 31.4 Å². The van der Waals surface area contributed by atoms with E-state index in [-0.39, 0.29) is 23.8 Å². The van der Waals surface area contributed by atoms with Crippen LogP contribution in [0.2, 0.25) is 0 Å². The van der Waals surface area contributed by atoms with Crippen molar-refractivity contribution in [1.82, 2.24) is 4.72 Å². The number of hydrogen-bond donors (Lipinski definition) is 2. The van der Waals surface area contributed by atoms with E-state index in [9.17, 15) is 4.79 Å². The smallest absolute Gasteiger partial charge is 0.160 e. The number of rotatable bonds is 14. The van der Waals surface area contributed by atoms with Gasteiger partial charge in [-0.3, -0.25) is 9.52 Å². The number of thiol groups is 1. The Bertz CT molecular complexity index is 543. The quantitative estimate of drug-likeness (QED) is 0.381. The molecule has 146 valence electrons. The summed E-state index contributed by atoms with van der Waals surface area (Å²) >= 11 is 4.22. The number of nitrogens with one attached hydrogen (secondary N) is 1. The molecule has 0 amide bonds. The monoisotopic (exact) mass is 381 g/mol. The predicted octanol–water partition coefficient (Wildman–Crippen LogP) is 3.53. The molecule has 1 fully saturated rings. The molecule has 1 aliphatic rings. The first-order chi connectivity index (χ1) is 12.6. The largest absolute Gasteiger partial charge is 0.494 e. The fourth-order valence-electron chi connectivity index (χ4n) is 2.52. The SMILES string of the molecule is CC(C)C(=O)COCCCOCCCOc1ccc(C2(NS)CC2)cc1. The van der Waals surface area contributed by atoms with Crippen molar-refractivity contribution in [2.24, 2.45) is 5.92 Å². The van der Waals surface area contributed by atoms with Crippen LogP contribution < -0.4 is 9.46 Å². The minimum atomic E-state index is 0.0388. The first-order valence-corrected chi connectivity index (χ1v) is 9.85. The number of ether oxygens (including phenoxy) is 3. The van der Waals surface area contributed by atoms with Gasteiger partial charge in [-0.25, -0.2) is 0 Å². The van der Waals surface area contributed by atoms with Crippen LogP contribution in [0.5, 0.6) is 5.75 Å². The highest BCUT2D eigenvalue weighted by atomic mass is 32.1. The Morgan fingerprint density at radius 1 is 1.08 bits per heavy atom. The Morgan fingerprint density at radius 3 is 2.27 bits per heavy atom. The third-order valence-electron chi connectivity index (χ3n) is 4.54. The highest BCUT2D eigenvalue weighted by Crippen LogP contribution is 2.46. The highest BCUT2D eigenvalue weighted by Gasteiger charge is 2.43. The highest BCUT2D eigenvalue weighted by molar-refractivity contribution is 7.78. The molecule has 1 aromatic carbocycles. The Balaban J connectivity index is 1.45. The van der Waals surface area contributed by atoms with Crippen molar-refractivity contribution in [3.8, 4) is 5.75 Å². The van der Waals surface area contributed by atoms with Crippen LogP contribution >= 0.6 is 12.8 Å². The van der Waals surface area contributed by atoms with Gasteiger partial charge in [0.05, 0.1) is 12.1 Å². The van der Waals surface area contributed by atoms with E-state index in [1.54, 1.807) is 0 Å². The minimum Gasteiger partial charge on any atom is -0.494 e. The number of hydrogen-bond acceptors (Lipinski definition) is 6. The molecule has 0 saturated heterocycles. The molecule has 0 heterocycles. The summed E-state index contributed by atoms with van der Waals surface area (Å²) < 4.78 is 19.7. The van der Waals surface area contributed by atoms with Crippen LogP contribution in [0.4, 0.5) is 0 Å². The second-order valence-corrected chi connectivity index (χ2v) is 7.28. The van der Waals surface area contributed by atoms with Gasteiger partial charge in [0.1, 0.15) is 12.4 Å². The van der Waals surface area contributed by atoms with Gasteiger partial charge < -0.3 is 14.2 Å². The van der Waals surface area contributed by atoms with Crippen molar-refractivity contribution in [3.63, 3.8) is 0 Å². The van der Waals surface area contributed by atoms with Crippen LogP contribution in [0.1, 0.15) is 45.1 Å². The molecular weight excluding hydrogens is 350 g/mol. The van der Waals surface area contributed by atoms with Gasteiger partial charge >= 0.3 is 0 Å². The lowest BCUT2D eigenvalue weighted by molar-refractivity contribution is -0.126. The van der Waals surface area contributed by atoms with Gasteiger partial charge in [0, 0.05) is 32.2 Å². The lowest BCUT2D eigenvalue weighted by Crippen LogP contribution is -2.19. The summed E-state index contributed by atoms with van der Waals surface area (Å²) in [5.41, 5.74) is 1.34. The van der Waals surface area contributed by atoms with Gasteiger partial charge in [-0.1, -0.05) is 38.8 Å². The molecule has 0 bridgehead atoms. The zero-order valence-corrected chi connectivity index (χ0v) is 16.7. The second kappa shape index (κ2) is 10.9. The Morgan fingerprint density at radius 2 is 1.69 bits per heavy atom. The van der Waals surface area contributed by atoms with E-state index >= 15 is 0 Å². The van der Waals surface area contributed by atoms with E-state index in [1.807, 2.05) is 26.0 Å². The van der Waals surface area contributed by atoms with Gasteiger partial charge in [-0.15, -0.1) is 0 Å². The molecule has 6 heteroatoms. The van der Waals surface area contributed by atoms with Crippen LogP contribution in [0.3, 0.4) is 0 Å². The van der Waals surface area contributed by atoms with E-state index in [1.165, 1.54) is 5.56 Å². The molecule has 0 spiro atoms. The Labute approximate surface area is 162 Å². The molecular formula is C20H31NO4S. The molecule has 0 radical (unpaired) electrons. The van der Waals surface area contributed by atoms with Crippen molar-refractivity contribution < 1.29 is 19.0 Å². The maximum Gasteiger partial charge on any atom is 0.160 e. The predicted molar refractivity (Wildman–Crippen MR) is 106 cm³/mol. The van der Waals surface area contributed by atoms with Crippen molar-refractivity contribution in [2.45, 2.75) is 45.1 Å². The average molecular weight is 382 g/mol. The van der Waals surface area contributed by atoms with Crippen molar-refractivity contribution >= 4 is 18.6 Å². The molecule has 1 aromatic rings. The van der Waals surface area contributed by atoms with Gasteiger partial charge in [0.15, 0.2) is 5.78 Å². The van der Waals surface area contributed by atoms with E-state index < -0.39 is 0 Å². The van der Waals surface area contributed by atoms with Gasteiger partial charge in [-0.05, 0) is 37.0 Å². The van der Waals surface area contributed by atoms with Crippen molar-refractivity contribution in [2.75, 3.05) is 33.0 Å². The normalized spacial score (nSPS) is 15.2. The van der Waals surface area contributed by atoms with E-state index in [4.69, 9.17) is 14.2 Å². The van der Waals surface area contributed by atoms with Crippen LogP contribution in [0, 0.1) is 5.92 Å².